The maximum Gasteiger partial charge on any atom is 0.0139 e. The van der Waals surface area contributed by atoms with Crippen LogP contribution in [-0.2, 0) is 18.3 Å². The first kappa shape index (κ1) is 22.1. The maximum atomic E-state index is 4.32. The highest BCUT2D eigenvalue weighted by Crippen LogP contribution is 2.54. The summed E-state index contributed by atoms with van der Waals surface area (Å²) < 4.78 is 0. The van der Waals surface area contributed by atoms with Crippen molar-refractivity contribution in [3.8, 4) is 0 Å². The van der Waals surface area contributed by atoms with E-state index in [2.05, 4.69) is 90.8 Å². The number of hydrogen-bond acceptors (Lipinski definition) is 0. The van der Waals surface area contributed by atoms with E-state index in [0.717, 1.165) is 18.4 Å². The van der Waals surface area contributed by atoms with Gasteiger partial charge in [-0.15, -0.1) is 6.58 Å². The molecular formula is C30H36. The van der Waals surface area contributed by atoms with Crippen LogP contribution in [0.1, 0.15) is 71.2 Å². The Bertz CT molecular complexity index is 1020. The molecule has 0 spiro atoms. The Morgan fingerprint density at radius 3 is 2.13 bits per heavy atom. The van der Waals surface area contributed by atoms with Gasteiger partial charge in [0.15, 0.2) is 0 Å². The molecule has 0 unspecified atom stereocenters. The minimum atomic E-state index is 0.107. The fraction of sp³-hybridized carbons (Fsp3) is 0.333. The lowest BCUT2D eigenvalue weighted by atomic mass is 9.77. The smallest absolute Gasteiger partial charge is 0.0139 e. The highest BCUT2D eigenvalue weighted by molar-refractivity contribution is 5.78. The highest BCUT2D eigenvalue weighted by atomic mass is 14.5. The van der Waals surface area contributed by atoms with Crippen molar-refractivity contribution in [2.24, 2.45) is 0 Å². The molecule has 0 radical (unpaired) electrons. The molecular weight excluding hydrogens is 360 g/mol. The molecule has 0 bridgehead atoms. The van der Waals surface area contributed by atoms with Crippen molar-refractivity contribution >= 4 is 11.6 Å². The molecule has 0 atom stereocenters. The first-order chi connectivity index (χ1) is 14.3. The summed E-state index contributed by atoms with van der Waals surface area (Å²) in [6, 6.07) is 8.81. The van der Waals surface area contributed by atoms with E-state index >= 15 is 0 Å². The number of hydrogen-bond donors (Lipinski definition) is 0. The summed E-state index contributed by atoms with van der Waals surface area (Å²) >= 11 is 0. The summed E-state index contributed by atoms with van der Waals surface area (Å²) in [6.07, 6.45) is 10.9. The molecule has 0 heterocycles. The lowest BCUT2D eigenvalue weighted by molar-refractivity contribution is 0.854. The third-order valence-corrected chi connectivity index (χ3v) is 6.79. The van der Waals surface area contributed by atoms with Crippen molar-refractivity contribution in [1.82, 2.24) is 0 Å². The zero-order valence-corrected chi connectivity index (χ0v) is 19.5. The fourth-order valence-corrected chi connectivity index (χ4v) is 4.77. The maximum absolute atomic E-state index is 4.32. The number of rotatable bonds is 8. The van der Waals surface area contributed by atoms with Gasteiger partial charge in [0, 0.05) is 5.41 Å². The van der Waals surface area contributed by atoms with Crippen LogP contribution in [0.25, 0.3) is 11.6 Å². The molecule has 1 saturated carbocycles. The Hall–Kier alpha value is -2.60. The van der Waals surface area contributed by atoms with E-state index in [4.69, 9.17) is 0 Å². The van der Waals surface area contributed by atoms with E-state index in [1.165, 1.54) is 62.9 Å². The molecule has 3 rings (SSSR count). The third kappa shape index (κ3) is 4.01. The van der Waals surface area contributed by atoms with Crippen LogP contribution >= 0.6 is 0 Å². The Balaban J connectivity index is 2.24. The van der Waals surface area contributed by atoms with Crippen LogP contribution < -0.4 is 0 Å². The van der Waals surface area contributed by atoms with E-state index in [1.54, 1.807) is 0 Å². The molecule has 0 aliphatic heterocycles. The first-order valence-corrected chi connectivity index (χ1v) is 11.1. The van der Waals surface area contributed by atoms with Gasteiger partial charge in [0.1, 0.15) is 0 Å². The Kier molecular flexibility index (Phi) is 6.36. The number of allylic oxidation sites excluding steroid dienone is 4. The van der Waals surface area contributed by atoms with E-state index in [1.807, 2.05) is 6.08 Å². The van der Waals surface area contributed by atoms with Crippen LogP contribution in [0.4, 0.5) is 0 Å². The van der Waals surface area contributed by atoms with Crippen molar-refractivity contribution < 1.29 is 0 Å². The molecule has 0 saturated heterocycles. The predicted molar refractivity (Wildman–Crippen MR) is 134 cm³/mol. The number of benzene rings is 2. The van der Waals surface area contributed by atoms with Crippen molar-refractivity contribution in [2.75, 3.05) is 0 Å². The summed E-state index contributed by atoms with van der Waals surface area (Å²) in [4.78, 5) is 0. The van der Waals surface area contributed by atoms with Gasteiger partial charge in [-0.05, 0) is 97.9 Å². The minimum absolute atomic E-state index is 0.107. The van der Waals surface area contributed by atoms with Gasteiger partial charge in [0.2, 0.25) is 0 Å². The van der Waals surface area contributed by atoms with Gasteiger partial charge < -0.3 is 0 Å². The standard InChI is InChI=1S/C30H36/c1-9-24(18-25-14-12-21(6)13-15-25)19-27-22(7)23(8)28(20(4)5)26(10-2)29(27)30(11-3)16-17-30/h9,11-15,19H,1,3-4,10,16-18H2,2,5-8H3/b24-19+. The van der Waals surface area contributed by atoms with Crippen LogP contribution in [0.15, 0.2) is 61.7 Å². The van der Waals surface area contributed by atoms with Crippen LogP contribution in [0.3, 0.4) is 0 Å². The van der Waals surface area contributed by atoms with Crippen LogP contribution in [0.2, 0.25) is 0 Å². The second kappa shape index (κ2) is 8.64. The molecule has 2 aromatic carbocycles. The summed E-state index contributed by atoms with van der Waals surface area (Å²) in [5.41, 5.74) is 13.5. The quantitative estimate of drug-likeness (QED) is 0.311. The normalized spacial score (nSPS) is 15.0. The van der Waals surface area contributed by atoms with Gasteiger partial charge in [0.25, 0.3) is 0 Å². The molecule has 0 aromatic heterocycles. The monoisotopic (exact) mass is 396 g/mol. The zero-order chi connectivity index (χ0) is 22.1. The average Bonchev–Trinajstić information content (AvgIpc) is 3.52. The largest absolute Gasteiger partial charge is 0.102 e. The second-order valence-corrected chi connectivity index (χ2v) is 8.97. The zero-order valence-electron chi connectivity index (χ0n) is 19.5. The Morgan fingerprint density at radius 2 is 1.67 bits per heavy atom. The van der Waals surface area contributed by atoms with Crippen LogP contribution in [0.5, 0.6) is 0 Å². The molecule has 30 heavy (non-hydrogen) atoms. The molecule has 0 nitrogen and oxygen atoms in total. The molecule has 1 fully saturated rings. The van der Waals surface area contributed by atoms with Gasteiger partial charge in [-0.2, -0.15) is 0 Å². The lowest BCUT2D eigenvalue weighted by Gasteiger charge is -2.27. The van der Waals surface area contributed by atoms with Gasteiger partial charge in [-0.25, -0.2) is 0 Å². The van der Waals surface area contributed by atoms with Gasteiger partial charge >= 0.3 is 0 Å². The summed E-state index contributed by atoms with van der Waals surface area (Å²) in [5, 5.41) is 0. The van der Waals surface area contributed by atoms with Crippen LogP contribution in [0, 0.1) is 20.8 Å². The van der Waals surface area contributed by atoms with Crippen molar-refractivity contribution in [3.63, 3.8) is 0 Å². The Morgan fingerprint density at radius 1 is 1.03 bits per heavy atom. The first-order valence-electron chi connectivity index (χ1n) is 11.1. The molecule has 0 amide bonds. The number of aryl methyl sites for hydroxylation is 1. The van der Waals surface area contributed by atoms with E-state index in [9.17, 15) is 0 Å². The van der Waals surface area contributed by atoms with E-state index in [-0.39, 0.29) is 5.41 Å². The molecule has 0 heteroatoms. The third-order valence-electron chi connectivity index (χ3n) is 6.79. The lowest BCUT2D eigenvalue weighted by Crippen LogP contribution is -2.14. The van der Waals surface area contributed by atoms with Gasteiger partial charge in [-0.1, -0.05) is 73.7 Å². The fourth-order valence-electron chi connectivity index (χ4n) is 4.77. The molecule has 156 valence electrons. The molecule has 0 N–H and O–H groups in total. The van der Waals surface area contributed by atoms with Crippen molar-refractivity contribution in [3.05, 3.63) is 106 Å². The average molecular weight is 397 g/mol. The van der Waals surface area contributed by atoms with E-state index < -0.39 is 0 Å². The summed E-state index contributed by atoms with van der Waals surface area (Å²) in [7, 11) is 0. The topological polar surface area (TPSA) is 0 Å². The summed E-state index contributed by atoms with van der Waals surface area (Å²) in [5.74, 6) is 0. The SMILES string of the molecule is C=C/C(=C\c1c(C)c(C)c(C(=C)C)c(CC)c1C1(C=C)CC1)Cc1ccc(C)cc1. The predicted octanol–water partition coefficient (Wildman–Crippen LogP) is 8.24. The van der Waals surface area contributed by atoms with E-state index in [0.29, 0.717) is 0 Å². The molecule has 2 aromatic rings. The van der Waals surface area contributed by atoms with Gasteiger partial charge in [0.05, 0.1) is 0 Å². The van der Waals surface area contributed by atoms with Crippen molar-refractivity contribution in [1.29, 1.82) is 0 Å². The Labute approximate surface area is 183 Å². The minimum Gasteiger partial charge on any atom is -0.102 e. The van der Waals surface area contributed by atoms with Crippen LogP contribution in [-0.4, -0.2) is 0 Å². The molecule has 1 aliphatic carbocycles. The molecule has 1 aliphatic rings. The van der Waals surface area contributed by atoms with Crippen molar-refractivity contribution in [2.45, 2.75) is 65.7 Å². The van der Waals surface area contributed by atoms with Gasteiger partial charge in [-0.3, -0.25) is 0 Å². The second-order valence-electron chi connectivity index (χ2n) is 8.97. The highest BCUT2D eigenvalue weighted by Gasteiger charge is 2.44. The summed E-state index contributed by atoms with van der Waals surface area (Å²) in [6.45, 7) is 23.7.